The maximum atomic E-state index is 13.1. The lowest BCUT2D eigenvalue weighted by Crippen LogP contribution is -2.60. The number of ether oxygens (including phenoxy) is 4. The van der Waals surface area contributed by atoms with Crippen LogP contribution in [0.2, 0.25) is 0 Å². The van der Waals surface area contributed by atoms with Crippen molar-refractivity contribution in [3.8, 4) is 17.2 Å². The summed E-state index contributed by atoms with van der Waals surface area (Å²) in [5, 5.41) is 40.4. The molecule has 3 aromatic carbocycles. The van der Waals surface area contributed by atoms with Crippen molar-refractivity contribution in [2.45, 2.75) is 37.3 Å². The minimum absolute atomic E-state index is 0.0209. The fourth-order valence-electron chi connectivity index (χ4n) is 4.20. The monoisotopic (exact) mass is 550 g/mol. The Morgan fingerprint density at radius 1 is 0.850 bits per heavy atom. The van der Waals surface area contributed by atoms with Crippen molar-refractivity contribution < 1.29 is 48.6 Å². The second kappa shape index (κ2) is 11.9. The summed E-state index contributed by atoms with van der Waals surface area (Å²) >= 11 is 0. The molecule has 2 heterocycles. The minimum Gasteiger partial charge on any atom is -0.484 e. The second-order valence-corrected chi connectivity index (χ2v) is 9.05. The molecular weight excluding hydrogens is 524 g/mol. The Hall–Kier alpha value is -4.26. The first kappa shape index (κ1) is 27.3. The van der Waals surface area contributed by atoms with Gasteiger partial charge in [0.15, 0.2) is 5.75 Å². The molecule has 1 aromatic heterocycles. The molecule has 0 spiro atoms. The second-order valence-electron chi connectivity index (χ2n) is 9.05. The molecule has 0 unspecified atom stereocenters. The summed E-state index contributed by atoms with van der Waals surface area (Å²) in [5.74, 6) is -1.03. The van der Waals surface area contributed by atoms with Gasteiger partial charge in [0, 0.05) is 6.07 Å². The Morgan fingerprint density at radius 3 is 2.25 bits per heavy atom. The van der Waals surface area contributed by atoms with Crippen LogP contribution in [0, 0.1) is 0 Å². The van der Waals surface area contributed by atoms with Crippen molar-refractivity contribution in [3.63, 3.8) is 0 Å². The smallest absolute Gasteiger partial charge is 0.383 e. The number of esters is 1. The van der Waals surface area contributed by atoms with Gasteiger partial charge in [0.25, 0.3) is 5.75 Å². The average Bonchev–Trinajstić information content (AvgIpc) is 2.98. The maximum Gasteiger partial charge on any atom is 0.383 e. The van der Waals surface area contributed by atoms with E-state index in [0.717, 1.165) is 5.56 Å². The van der Waals surface area contributed by atoms with E-state index >= 15 is 0 Å². The summed E-state index contributed by atoms with van der Waals surface area (Å²) in [6.45, 7) is -0.659. The van der Waals surface area contributed by atoms with Crippen LogP contribution in [0.25, 0.3) is 11.0 Å². The highest BCUT2D eigenvalue weighted by Crippen LogP contribution is 2.37. The number of hydrogen-bond donors (Lipinski definition) is 4. The lowest BCUT2D eigenvalue weighted by atomic mass is 9.99. The third-order valence-corrected chi connectivity index (χ3v) is 6.32. The number of aliphatic hydroxyl groups is 4. The van der Waals surface area contributed by atoms with Gasteiger partial charge < -0.3 is 43.8 Å². The van der Waals surface area contributed by atoms with Gasteiger partial charge in [0.05, 0.1) is 17.6 Å². The molecule has 0 saturated carbocycles. The van der Waals surface area contributed by atoms with Crippen LogP contribution in [0.4, 0.5) is 0 Å². The van der Waals surface area contributed by atoms with Crippen molar-refractivity contribution in [2.24, 2.45) is 0 Å². The molecule has 1 fully saturated rings. The Labute approximate surface area is 227 Å². The summed E-state index contributed by atoms with van der Waals surface area (Å²) in [5.41, 5.74) is 0.113. The average molecular weight is 551 g/mol. The molecule has 5 atom stereocenters. The van der Waals surface area contributed by atoms with E-state index in [1.807, 2.05) is 30.3 Å². The van der Waals surface area contributed by atoms with E-state index in [1.165, 1.54) is 18.2 Å². The highest BCUT2D eigenvalue weighted by atomic mass is 16.7. The van der Waals surface area contributed by atoms with Crippen LogP contribution in [-0.4, -0.2) is 63.7 Å². The lowest BCUT2D eigenvalue weighted by molar-refractivity contribution is -0.278. The molecule has 5 rings (SSSR count). The summed E-state index contributed by atoms with van der Waals surface area (Å²) < 4.78 is 27.9. The molecule has 0 radical (unpaired) electrons. The number of benzene rings is 3. The van der Waals surface area contributed by atoms with Crippen LogP contribution in [0.15, 0.2) is 88.1 Å². The van der Waals surface area contributed by atoms with E-state index < -0.39 is 54.7 Å². The highest BCUT2D eigenvalue weighted by Gasteiger charge is 2.45. The zero-order valence-electron chi connectivity index (χ0n) is 21.0. The number of aliphatic hydroxyl groups excluding tert-OH is 4. The van der Waals surface area contributed by atoms with Crippen LogP contribution in [0.3, 0.4) is 0 Å². The number of rotatable bonds is 8. The van der Waals surface area contributed by atoms with E-state index in [-0.39, 0.29) is 29.1 Å². The van der Waals surface area contributed by atoms with Crippen molar-refractivity contribution >= 4 is 16.9 Å². The maximum absolute atomic E-state index is 13.1. The standard InChI is InChI=1S/C29H26O11/c30-14-21-22(31)23(32)24(33)29(39-21)40-26-25(36-15-16-7-3-1-4-8-16)19-12-11-18(13-20(19)38-28(26)35)37-27(34)17-9-5-2-6-10-17/h1-13,21-24,29-33H,14-15H2/t21-,22-,23+,24+,29-/m1/s1. The summed E-state index contributed by atoms with van der Waals surface area (Å²) in [6, 6.07) is 21.8. The van der Waals surface area contributed by atoms with Crippen LogP contribution < -0.4 is 19.8 Å². The van der Waals surface area contributed by atoms with Crippen molar-refractivity contribution in [1.29, 1.82) is 0 Å². The van der Waals surface area contributed by atoms with Crippen LogP contribution in [0.1, 0.15) is 15.9 Å². The molecular formula is C29H26O11. The molecule has 0 amide bonds. The SMILES string of the molecule is O=C(Oc1ccc2c(OCc3ccccc3)c(O[C@H]3O[C@H](CO)[C@@H](O)[C@H](O)[C@@H]3O)c(=O)oc2c1)c1ccccc1. The zero-order valence-corrected chi connectivity index (χ0v) is 21.0. The van der Waals surface area contributed by atoms with E-state index in [0.29, 0.717) is 5.56 Å². The van der Waals surface area contributed by atoms with Crippen LogP contribution >= 0.6 is 0 Å². The summed E-state index contributed by atoms with van der Waals surface area (Å²) in [4.78, 5) is 25.6. The molecule has 1 aliphatic heterocycles. The Kier molecular flexibility index (Phi) is 8.10. The minimum atomic E-state index is -1.77. The normalized spacial score (nSPS) is 22.6. The van der Waals surface area contributed by atoms with Gasteiger partial charge in [0.2, 0.25) is 6.29 Å². The largest absolute Gasteiger partial charge is 0.484 e. The van der Waals surface area contributed by atoms with Crippen LogP contribution in [0.5, 0.6) is 17.2 Å². The molecule has 11 nitrogen and oxygen atoms in total. The van der Waals surface area contributed by atoms with Crippen molar-refractivity contribution in [1.82, 2.24) is 0 Å². The Morgan fingerprint density at radius 2 is 1.55 bits per heavy atom. The highest BCUT2D eigenvalue weighted by molar-refractivity contribution is 5.92. The van der Waals surface area contributed by atoms with E-state index in [9.17, 15) is 30.0 Å². The number of fused-ring (bicyclic) bond motifs is 1. The van der Waals surface area contributed by atoms with Gasteiger partial charge in [-0.25, -0.2) is 9.59 Å². The molecule has 4 aromatic rings. The van der Waals surface area contributed by atoms with Crippen molar-refractivity contribution in [3.05, 3.63) is 100 Å². The number of carbonyl (C=O) groups excluding carboxylic acids is 1. The molecule has 11 heteroatoms. The van der Waals surface area contributed by atoms with Gasteiger partial charge >= 0.3 is 11.6 Å². The quantitative estimate of drug-likeness (QED) is 0.144. The first-order valence-electron chi connectivity index (χ1n) is 12.4. The fraction of sp³-hybridized carbons (Fsp3) is 0.241. The lowest BCUT2D eigenvalue weighted by Gasteiger charge is -2.39. The van der Waals surface area contributed by atoms with Gasteiger partial charge in [-0.3, -0.25) is 0 Å². The van der Waals surface area contributed by atoms with E-state index in [2.05, 4.69) is 0 Å². The van der Waals surface area contributed by atoms with Crippen LogP contribution in [-0.2, 0) is 11.3 Å². The summed E-state index contributed by atoms with van der Waals surface area (Å²) in [7, 11) is 0. The predicted octanol–water partition coefficient (Wildman–Crippen LogP) is 1.77. The number of carbonyl (C=O) groups is 1. The molecule has 4 N–H and O–H groups in total. The fourth-order valence-corrected chi connectivity index (χ4v) is 4.20. The third-order valence-electron chi connectivity index (χ3n) is 6.32. The zero-order chi connectivity index (χ0) is 28.2. The van der Waals surface area contributed by atoms with Gasteiger partial charge in [-0.1, -0.05) is 48.5 Å². The Bertz CT molecular complexity index is 1520. The predicted molar refractivity (Wildman–Crippen MR) is 139 cm³/mol. The number of hydrogen-bond acceptors (Lipinski definition) is 11. The first-order chi connectivity index (χ1) is 19.4. The molecule has 1 aliphatic rings. The van der Waals surface area contributed by atoms with E-state index in [1.54, 1.807) is 30.3 Å². The van der Waals surface area contributed by atoms with Gasteiger partial charge in [-0.05, 0) is 29.8 Å². The van der Waals surface area contributed by atoms with Gasteiger partial charge in [-0.15, -0.1) is 0 Å². The molecule has 0 bridgehead atoms. The van der Waals surface area contributed by atoms with Gasteiger partial charge in [-0.2, -0.15) is 0 Å². The van der Waals surface area contributed by atoms with E-state index in [4.69, 9.17) is 23.4 Å². The molecule has 208 valence electrons. The first-order valence-corrected chi connectivity index (χ1v) is 12.4. The summed E-state index contributed by atoms with van der Waals surface area (Å²) in [6.07, 6.45) is -8.01. The topological polar surface area (TPSA) is 165 Å². The molecule has 40 heavy (non-hydrogen) atoms. The van der Waals surface area contributed by atoms with Gasteiger partial charge in [0.1, 0.15) is 42.4 Å². The van der Waals surface area contributed by atoms with Crippen molar-refractivity contribution in [2.75, 3.05) is 6.61 Å². The molecule has 1 saturated heterocycles. The molecule has 0 aliphatic carbocycles. The third kappa shape index (κ3) is 5.69. The Balaban J connectivity index is 1.51.